The molecule has 0 aromatic rings. The van der Waals surface area contributed by atoms with Gasteiger partial charge in [-0.2, -0.15) is 0 Å². The van der Waals surface area contributed by atoms with Crippen molar-refractivity contribution in [2.24, 2.45) is 11.7 Å². The fraction of sp³-hybridized carbons (Fsp3) is 1.00. The summed E-state index contributed by atoms with van der Waals surface area (Å²) in [5.74, 6) is 0.750. The van der Waals surface area contributed by atoms with E-state index >= 15 is 0 Å². The molecule has 0 aliphatic carbocycles. The first kappa shape index (κ1) is 11.0. The molecule has 1 rings (SSSR count). The number of piperidine rings is 1. The molecule has 0 bridgehead atoms. The van der Waals surface area contributed by atoms with Gasteiger partial charge in [0.2, 0.25) is 0 Å². The number of nitrogens with two attached hydrogens (primary N) is 1. The van der Waals surface area contributed by atoms with E-state index in [1.165, 1.54) is 12.8 Å². The maximum Gasteiger partial charge on any atom is 0.0558 e. The summed E-state index contributed by atoms with van der Waals surface area (Å²) < 4.78 is 0. The summed E-state index contributed by atoms with van der Waals surface area (Å²) in [6.07, 6.45) is 3.68. The molecule has 1 aliphatic heterocycles. The Hall–Kier alpha value is -0.120. The lowest BCUT2D eigenvalue weighted by Gasteiger charge is -2.35. The van der Waals surface area contributed by atoms with Crippen LogP contribution < -0.4 is 5.73 Å². The van der Waals surface area contributed by atoms with Crippen molar-refractivity contribution in [3.8, 4) is 0 Å². The Morgan fingerprint density at radius 3 is 2.85 bits per heavy atom. The molecule has 0 aromatic heterocycles. The summed E-state index contributed by atoms with van der Waals surface area (Å²) in [7, 11) is 0. The topological polar surface area (TPSA) is 49.5 Å². The van der Waals surface area contributed by atoms with Crippen molar-refractivity contribution in [2.75, 3.05) is 26.2 Å². The zero-order chi connectivity index (χ0) is 9.68. The Labute approximate surface area is 80.9 Å². The lowest BCUT2D eigenvalue weighted by molar-refractivity contribution is 0.123. The molecule has 0 radical (unpaired) electrons. The van der Waals surface area contributed by atoms with Crippen LogP contribution in [0.3, 0.4) is 0 Å². The van der Waals surface area contributed by atoms with Crippen LogP contribution in [0, 0.1) is 5.92 Å². The average molecular weight is 186 g/mol. The van der Waals surface area contributed by atoms with E-state index in [1.807, 2.05) is 0 Å². The first-order chi connectivity index (χ1) is 6.26. The van der Waals surface area contributed by atoms with Gasteiger partial charge in [0.05, 0.1) is 6.61 Å². The molecule has 1 heterocycles. The van der Waals surface area contributed by atoms with Crippen LogP contribution in [0.2, 0.25) is 0 Å². The Morgan fingerprint density at radius 2 is 2.23 bits per heavy atom. The molecule has 1 fully saturated rings. The van der Waals surface area contributed by atoms with E-state index in [0.29, 0.717) is 6.04 Å². The molecule has 3 N–H and O–H groups in total. The van der Waals surface area contributed by atoms with E-state index < -0.39 is 0 Å². The normalized spacial score (nSPS) is 30.7. The van der Waals surface area contributed by atoms with Crippen LogP contribution in [0.15, 0.2) is 0 Å². The molecule has 78 valence electrons. The van der Waals surface area contributed by atoms with E-state index in [9.17, 15) is 0 Å². The average Bonchev–Trinajstić information content (AvgIpc) is 2.04. The van der Waals surface area contributed by atoms with Crippen molar-refractivity contribution in [1.29, 1.82) is 0 Å². The maximum absolute atomic E-state index is 8.84. The molecule has 1 aliphatic rings. The second-order valence-corrected chi connectivity index (χ2v) is 4.13. The Bertz CT molecular complexity index is 127. The predicted molar refractivity (Wildman–Crippen MR) is 54.5 cm³/mol. The van der Waals surface area contributed by atoms with Crippen LogP contribution in [0.25, 0.3) is 0 Å². The lowest BCUT2D eigenvalue weighted by Crippen LogP contribution is -2.47. The van der Waals surface area contributed by atoms with Crippen molar-refractivity contribution in [2.45, 2.75) is 32.2 Å². The molecule has 3 heteroatoms. The van der Waals surface area contributed by atoms with Gasteiger partial charge in [-0.25, -0.2) is 0 Å². The van der Waals surface area contributed by atoms with Crippen molar-refractivity contribution in [1.82, 2.24) is 4.90 Å². The second-order valence-electron chi connectivity index (χ2n) is 4.13. The van der Waals surface area contributed by atoms with Crippen molar-refractivity contribution in [3.63, 3.8) is 0 Å². The summed E-state index contributed by atoms with van der Waals surface area (Å²) >= 11 is 0. The third kappa shape index (κ3) is 3.63. The highest BCUT2D eigenvalue weighted by Gasteiger charge is 2.23. The van der Waals surface area contributed by atoms with Gasteiger partial charge in [0.25, 0.3) is 0 Å². The predicted octanol–water partition coefficient (Wildman–Crippen LogP) is 0.428. The van der Waals surface area contributed by atoms with Crippen molar-refractivity contribution >= 4 is 0 Å². The quantitative estimate of drug-likeness (QED) is 0.669. The third-order valence-electron chi connectivity index (χ3n) is 2.76. The second kappa shape index (κ2) is 5.58. The number of nitrogens with zero attached hydrogens (tertiary/aromatic N) is 1. The lowest BCUT2D eigenvalue weighted by atomic mass is 9.91. The number of rotatable bonds is 4. The van der Waals surface area contributed by atoms with Gasteiger partial charge >= 0.3 is 0 Å². The van der Waals surface area contributed by atoms with E-state index in [0.717, 1.165) is 32.0 Å². The van der Waals surface area contributed by atoms with Gasteiger partial charge in [-0.1, -0.05) is 13.3 Å². The van der Waals surface area contributed by atoms with Gasteiger partial charge in [-0.3, -0.25) is 4.90 Å². The molecule has 2 atom stereocenters. The molecule has 0 aromatic carbocycles. The number of aliphatic hydroxyl groups excluding tert-OH is 1. The Kier molecular flexibility index (Phi) is 4.70. The highest BCUT2D eigenvalue weighted by atomic mass is 16.3. The van der Waals surface area contributed by atoms with Crippen molar-refractivity contribution < 1.29 is 5.11 Å². The Balaban J connectivity index is 2.33. The largest absolute Gasteiger partial charge is 0.395 e. The smallest absolute Gasteiger partial charge is 0.0558 e. The number of aliphatic hydroxyl groups is 1. The standard InChI is InChI=1S/C10H22N2O/c1-2-3-9-6-10(11)8-12(7-9)4-5-13/h9-10,13H,2-8,11H2,1H3. The maximum atomic E-state index is 8.84. The van der Waals surface area contributed by atoms with Crippen molar-refractivity contribution in [3.05, 3.63) is 0 Å². The minimum atomic E-state index is 0.256. The monoisotopic (exact) mass is 186 g/mol. The molecule has 3 nitrogen and oxygen atoms in total. The molecule has 13 heavy (non-hydrogen) atoms. The zero-order valence-corrected chi connectivity index (χ0v) is 8.58. The first-order valence-electron chi connectivity index (χ1n) is 5.35. The van der Waals surface area contributed by atoms with Crippen LogP contribution >= 0.6 is 0 Å². The van der Waals surface area contributed by atoms with Gasteiger partial charge in [0, 0.05) is 25.7 Å². The summed E-state index contributed by atoms with van der Waals surface area (Å²) in [6, 6.07) is 0.317. The van der Waals surface area contributed by atoms with E-state index in [1.54, 1.807) is 0 Å². The number of hydrogen-bond acceptors (Lipinski definition) is 3. The summed E-state index contributed by atoms with van der Waals surface area (Å²) in [4.78, 5) is 2.29. The molecule has 0 amide bonds. The molecular weight excluding hydrogens is 164 g/mol. The summed E-state index contributed by atoms with van der Waals surface area (Å²) in [5.41, 5.74) is 5.95. The van der Waals surface area contributed by atoms with Gasteiger partial charge in [0.1, 0.15) is 0 Å². The highest BCUT2D eigenvalue weighted by molar-refractivity contribution is 4.80. The number of likely N-dealkylation sites (tertiary alicyclic amines) is 1. The molecule has 0 spiro atoms. The minimum Gasteiger partial charge on any atom is -0.395 e. The van der Waals surface area contributed by atoms with Crippen LogP contribution in [0.4, 0.5) is 0 Å². The summed E-state index contributed by atoms with van der Waals surface area (Å²) in [6.45, 7) is 5.35. The fourth-order valence-corrected chi connectivity index (χ4v) is 2.29. The van der Waals surface area contributed by atoms with Crippen LogP contribution in [0.5, 0.6) is 0 Å². The minimum absolute atomic E-state index is 0.256. The van der Waals surface area contributed by atoms with Gasteiger partial charge in [0.15, 0.2) is 0 Å². The molecule has 2 unspecified atom stereocenters. The van der Waals surface area contributed by atoms with E-state index in [2.05, 4.69) is 11.8 Å². The third-order valence-corrected chi connectivity index (χ3v) is 2.76. The van der Waals surface area contributed by atoms with E-state index in [-0.39, 0.29) is 6.61 Å². The molecule has 0 saturated carbocycles. The molecular formula is C10H22N2O. The fourth-order valence-electron chi connectivity index (χ4n) is 2.29. The zero-order valence-electron chi connectivity index (χ0n) is 8.58. The SMILES string of the molecule is CCCC1CC(N)CN(CCO)C1. The number of β-amino-alcohol motifs (C(OH)–C–C–N with tert-alkyl or cyclic N) is 1. The first-order valence-corrected chi connectivity index (χ1v) is 5.35. The van der Waals surface area contributed by atoms with Gasteiger partial charge in [-0.15, -0.1) is 0 Å². The Morgan fingerprint density at radius 1 is 1.46 bits per heavy atom. The van der Waals surface area contributed by atoms with E-state index in [4.69, 9.17) is 10.8 Å². The molecule has 1 saturated heterocycles. The highest BCUT2D eigenvalue weighted by Crippen LogP contribution is 2.19. The van der Waals surface area contributed by atoms with Gasteiger partial charge in [-0.05, 0) is 18.8 Å². The van der Waals surface area contributed by atoms with Crippen LogP contribution in [0.1, 0.15) is 26.2 Å². The van der Waals surface area contributed by atoms with Crippen LogP contribution in [-0.4, -0.2) is 42.3 Å². The number of hydrogen-bond donors (Lipinski definition) is 2. The van der Waals surface area contributed by atoms with Crippen LogP contribution in [-0.2, 0) is 0 Å². The summed E-state index contributed by atoms with van der Waals surface area (Å²) in [5, 5.41) is 8.84. The van der Waals surface area contributed by atoms with Gasteiger partial charge < -0.3 is 10.8 Å².